The van der Waals surface area contributed by atoms with Crippen LogP contribution in [0.25, 0.3) is 11.0 Å². The van der Waals surface area contributed by atoms with Gasteiger partial charge in [-0.2, -0.15) is 0 Å². The zero-order valence-electron chi connectivity index (χ0n) is 10.8. The minimum Gasteiger partial charge on any atom is -0.458 e. The summed E-state index contributed by atoms with van der Waals surface area (Å²) in [6.07, 6.45) is -3.64. The highest BCUT2D eigenvalue weighted by atomic mass is 19.3. The number of halogens is 3. The summed E-state index contributed by atoms with van der Waals surface area (Å²) in [6.45, 7) is 0. The number of hydrogen-bond donors (Lipinski definition) is 1. The molecule has 1 aromatic heterocycles. The first-order valence-electron chi connectivity index (χ1n) is 6.29. The number of benzene rings is 2. The Bertz CT molecular complexity index is 763. The smallest absolute Gasteiger partial charge is 0.263 e. The van der Waals surface area contributed by atoms with Crippen molar-refractivity contribution in [3.63, 3.8) is 0 Å². The summed E-state index contributed by atoms with van der Waals surface area (Å²) in [5, 5.41) is 10.8. The van der Waals surface area contributed by atoms with Crippen LogP contribution in [0.15, 0.2) is 52.9 Å². The molecule has 2 aromatic carbocycles. The van der Waals surface area contributed by atoms with Crippen molar-refractivity contribution < 1.29 is 22.7 Å². The molecule has 1 heterocycles. The summed E-state index contributed by atoms with van der Waals surface area (Å²) >= 11 is 0. The van der Waals surface area contributed by atoms with Crippen molar-refractivity contribution in [3.05, 3.63) is 71.2 Å². The summed E-state index contributed by atoms with van der Waals surface area (Å²) in [4.78, 5) is 0. The Morgan fingerprint density at radius 2 is 1.57 bits per heavy atom. The van der Waals surface area contributed by atoms with Gasteiger partial charge in [-0.25, -0.2) is 13.2 Å². The van der Waals surface area contributed by atoms with E-state index in [1.165, 1.54) is 48.5 Å². The predicted molar refractivity (Wildman–Crippen MR) is 71.6 cm³/mol. The molecule has 0 aliphatic rings. The summed E-state index contributed by atoms with van der Waals surface area (Å²) < 4.78 is 43.5. The van der Waals surface area contributed by atoms with Crippen LogP contribution >= 0.6 is 0 Å². The van der Waals surface area contributed by atoms with Gasteiger partial charge < -0.3 is 9.52 Å². The van der Waals surface area contributed by atoms with Crippen molar-refractivity contribution in [1.29, 1.82) is 0 Å². The Kier molecular flexibility index (Phi) is 3.43. The van der Waals surface area contributed by atoms with Gasteiger partial charge in [0, 0.05) is 10.9 Å². The molecule has 0 bridgehead atoms. The van der Waals surface area contributed by atoms with Crippen molar-refractivity contribution >= 4 is 11.0 Å². The van der Waals surface area contributed by atoms with Gasteiger partial charge in [0.2, 0.25) is 0 Å². The Morgan fingerprint density at radius 1 is 0.905 bits per heavy atom. The second-order valence-electron chi connectivity index (χ2n) is 4.70. The fourth-order valence-electron chi connectivity index (χ4n) is 2.16. The highest BCUT2D eigenvalue weighted by Gasteiger charge is 2.17. The summed E-state index contributed by atoms with van der Waals surface area (Å²) in [6, 6.07) is 10.9. The van der Waals surface area contributed by atoms with Gasteiger partial charge in [0.1, 0.15) is 23.3 Å². The van der Waals surface area contributed by atoms with E-state index in [1.807, 2.05) is 0 Å². The molecule has 0 aliphatic carbocycles. The fourth-order valence-corrected chi connectivity index (χ4v) is 2.16. The first-order valence-corrected chi connectivity index (χ1v) is 6.29. The number of fused-ring (bicyclic) bond motifs is 1. The summed E-state index contributed by atoms with van der Waals surface area (Å²) in [5.41, 5.74) is 0.770. The molecule has 2 nitrogen and oxygen atoms in total. The molecule has 0 radical (unpaired) electrons. The van der Waals surface area contributed by atoms with E-state index in [2.05, 4.69) is 0 Å². The van der Waals surface area contributed by atoms with Gasteiger partial charge in [0.25, 0.3) is 6.43 Å². The number of aliphatic hydroxyl groups excluding tert-OH is 1. The van der Waals surface area contributed by atoms with Crippen LogP contribution in [0.1, 0.15) is 29.4 Å². The van der Waals surface area contributed by atoms with Crippen LogP contribution in [0.3, 0.4) is 0 Å². The molecule has 0 amide bonds. The maximum atomic E-state index is 13.1. The monoisotopic (exact) mass is 292 g/mol. The molecule has 0 saturated carbocycles. The fraction of sp³-hybridized carbons (Fsp3) is 0.125. The van der Waals surface area contributed by atoms with Gasteiger partial charge in [0.05, 0.1) is 0 Å². The summed E-state index contributed by atoms with van der Waals surface area (Å²) in [5.74, 6) is -0.161. The Labute approximate surface area is 118 Å². The topological polar surface area (TPSA) is 33.4 Å². The zero-order valence-corrected chi connectivity index (χ0v) is 10.8. The SMILES string of the molecule is OC(c1ccc(C(F)F)cc1)c1cc2cc(F)ccc2o1. The normalized spacial score (nSPS) is 13.0. The summed E-state index contributed by atoms with van der Waals surface area (Å²) in [7, 11) is 0. The lowest BCUT2D eigenvalue weighted by atomic mass is 10.1. The van der Waals surface area contributed by atoms with Crippen LogP contribution in [-0.4, -0.2) is 5.11 Å². The number of furan rings is 1. The molecule has 0 saturated heterocycles. The molecule has 5 heteroatoms. The van der Waals surface area contributed by atoms with Gasteiger partial charge in [-0.3, -0.25) is 0 Å². The van der Waals surface area contributed by atoms with E-state index >= 15 is 0 Å². The highest BCUT2D eigenvalue weighted by Crippen LogP contribution is 2.29. The minimum atomic E-state index is -2.55. The molecular weight excluding hydrogens is 281 g/mol. The lowest BCUT2D eigenvalue weighted by molar-refractivity contribution is 0.151. The van der Waals surface area contributed by atoms with Crippen LogP contribution in [0, 0.1) is 5.82 Å². The van der Waals surface area contributed by atoms with Crippen molar-refractivity contribution in [2.24, 2.45) is 0 Å². The maximum Gasteiger partial charge on any atom is 0.263 e. The van der Waals surface area contributed by atoms with Gasteiger partial charge in [-0.1, -0.05) is 24.3 Å². The van der Waals surface area contributed by atoms with E-state index in [4.69, 9.17) is 4.42 Å². The van der Waals surface area contributed by atoms with Crippen molar-refractivity contribution in [3.8, 4) is 0 Å². The molecule has 3 rings (SSSR count). The first-order chi connectivity index (χ1) is 10.0. The highest BCUT2D eigenvalue weighted by molar-refractivity contribution is 5.78. The van der Waals surface area contributed by atoms with E-state index < -0.39 is 18.3 Å². The number of rotatable bonds is 3. The van der Waals surface area contributed by atoms with E-state index in [1.54, 1.807) is 0 Å². The van der Waals surface area contributed by atoms with Gasteiger partial charge in [-0.15, -0.1) is 0 Å². The second kappa shape index (κ2) is 5.26. The van der Waals surface area contributed by atoms with Crippen molar-refractivity contribution in [2.45, 2.75) is 12.5 Å². The number of hydrogen-bond acceptors (Lipinski definition) is 2. The van der Waals surface area contributed by atoms with E-state index in [0.29, 0.717) is 16.5 Å². The van der Waals surface area contributed by atoms with Gasteiger partial charge in [0.15, 0.2) is 0 Å². The second-order valence-corrected chi connectivity index (χ2v) is 4.70. The predicted octanol–water partition coefficient (Wildman–Crippen LogP) is 4.59. The molecule has 21 heavy (non-hydrogen) atoms. The van der Waals surface area contributed by atoms with Crippen molar-refractivity contribution in [2.75, 3.05) is 0 Å². The van der Waals surface area contributed by atoms with Crippen LogP contribution in [0.5, 0.6) is 0 Å². The van der Waals surface area contributed by atoms with E-state index in [9.17, 15) is 18.3 Å². The van der Waals surface area contributed by atoms with Crippen LogP contribution in [-0.2, 0) is 0 Å². The van der Waals surface area contributed by atoms with Crippen LogP contribution in [0.2, 0.25) is 0 Å². The largest absolute Gasteiger partial charge is 0.458 e. The average molecular weight is 292 g/mol. The standard InChI is InChI=1S/C16H11F3O2/c17-12-5-6-13-11(7-12)8-14(21-13)15(20)9-1-3-10(4-2-9)16(18)19/h1-8,15-16,20H. The molecule has 0 fully saturated rings. The molecular formula is C16H11F3O2. The average Bonchev–Trinajstić information content (AvgIpc) is 2.89. The van der Waals surface area contributed by atoms with E-state index in [0.717, 1.165) is 0 Å². The Balaban J connectivity index is 1.93. The van der Waals surface area contributed by atoms with Gasteiger partial charge in [-0.05, 0) is 29.8 Å². The number of alkyl halides is 2. The molecule has 0 spiro atoms. The van der Waals surface area contributed by atoms with Crippen LogP contribution < -0.4 is 0 Å². The van der Waals surface area contributed by atoms with E-state index in [-0.39, 0.29) is 11.3 Å². The molecule has 1 atom stereocenters. The third-order valence-corrected chi connectivity index (χ3v) is 3.27. The zero-order chi connectivity index (χ0) is 15.0. The van der Waals surface area contributed by atoms with Gasteiger partial charge >= 0.3 is 0 Å². The lowest BCUT2D eigenvalue weighted by Crippen LogP contribution is -1.98. The quantitative estimate of drug-likeness (QED) is 0.766. The Morgan fingerprint density at radius 3 is 2.24 bits per heavy atom. The molecule has 1 unspecified atom stereocenters. The van der Waals surface area contributed by atoms with Crippen LogP contribution in [0.4, 0.5) is 13.2 Å². The molecule has 0 aliphatic heterocycles. The lowest BCUT2D eigenvalue weighted by Gasteiger charge is -2.08. The number of aliphatic hydroxyl groups is 1. The minimum absolute atomic E-state index is 0.113. The third kappa shape index (κ3) is 2.64. The third-order valence-electron chi connectivity index (χ3n) is 3.27. The maximum absolute atomic E-state index is 13.1. The van der Waals surface area contributed by atoms with Crippen molar-refractivity contribution in [1.82, 2.24) is 0 Å². The molecule has 108 valence electrons. The first kappa shape index (κ1) is 13.7. The Hall–Kier alpha value is -2.27. The molecule has 1 N–H and O–H groups in total. The molecule has 3 aromatic rings.